The molecule has 2 aromatic rings. The van der Waals surface area contributed by atoms with E-state index in [2.05, 4.69) is 45.9 Å². The number of hydrogen-bond donors (Lipinski definition) is 2. The van der Waals surface area contributed by atoms with Gasteiger partial charge in [0.2, 0.25) is 0 Å². The molecule has 1 aromatic carbocycles. The monoisotopic (exact) mass is 708 g/mol. The van der Waals surface area contributed by atoms with Crippen molar-refractivity contribution >= 4 is 30.1 Å². The Bertz CT molecular complexity index is 1040. The van der Waals surface area contributed by atoms with Gasteiger partial charge in [0.25, 0.3) is 0 Å². The molecule has 5 nitrogen and oxygen atoms in total. The second-order valence-corrected chi connectivity index (χ2v) is 26.7. The second-order valence-electron chi connectivity index (χ2n) is 12.3. The molecule has 3 rings (SSSR count). The molecular formula is C35H56O5SSn. The number of furan rings is 1. The topological polar surface area (TPSA) is 72.1 Å². The quantitative estimate of drug-likeness (QED) is 0.106. The molecule has 2 heterocycles. The molecule has 0 bridgehead atoms. The van der Waals surface area contributed by atoms with Crippen LogP contribution in [0.2, 0.25) is 13.3 Å². The molecule has 1 saturated heterocycles. The van der Waals surface area contributed by atoms with Gasteiger partial charge < -0.3 is 0 Å². The summed E-state index contributed by atoms with van der Waals surface area (Å²) in [6, 6.07) is 10.2. The maximum absolute atomic E-state index is 11.7. The fourth-order valence-electron chi connectivity index (χ4n) is 6.38. The predicted octanol–water partition coefficient (Wildman–Crippen LogP) is 9.52. The Kier molecular flexibility index (Phi) is 15.5. The number of benzene rings is 1. The minimum absolute atomic E-state index is 0.503. The Labute approximate surface area is 263 Å². The molecule has 0 amide bonds. The molecule has 0 saturated carbocycles. The Hall–Kier alpha value is -0.771. The third-order valence-corrected chi connectivity index (χ3v) is 26.2. The molecule has 42 heavy (non-hydrogen) atoms. The van der Waals surface area contributed by atoms with E-state index in [-0.39, 0.29) is 0 Å². The van der Waals surface area contributed by atoms with Gasteiger partial charge in [0.05, 0.1) is 0 Å². The zero-order chi connectivity index (χ0) is 30.4. The minimum atomic E-state index is -2.87. The van der Waals surface area contributed by atoms with Crippen molar-refractivity contribution in [3.05, 3.63) is 63.1 Å². The van der Waals surface area contributed by atoms with Gasteiger partial charge in [-0.15, -0.1) is 0 Å². The zero-order valence-electron chi connectivity index (χ0n) is 26.8. The molecule has 2 unspecified atom stereocenters. The molecule has 236 valence electrons. The van der Waals surface area contributed by atoms with Crippen LogP contribution in [0.15, 0.2) is 55.6 Å². The summed E-state index contributed by atoms with van der Waals surface area (Å²) in [5.41, 5.74) is 1.62. The average molecular weight is 708 g/mol. The molecular weight excluding hydrogens is 651 g/mol. The summed E-state index contributed by atoms with van der Waals surface area (Å²) >= 11 is -1.19. The standard InChI is InChI=1S/C23H29O5S.3C4H9.Sn/c1-17-15-26-20(16-29-18-9-5-3-6-10-18)21(17)22(25)19(24)11-7-4-8-12-23(2)27-13-14-28-23;3*1-3-4-2;/h3,5-6,9-11,15,19,22,24-25H,4,8,12-14,16H2,1-2H3;3*1,3-4H2,2H3;. The van der Waals surface area contributed by atoms with Gasteiger partial charge in [-0.3, -0.25) is 0 Å². The van der Waals surface area contributed by atoms with Crippen LogP contribution in [-0.2, 0) is 15.2 Å². The van der Waals surface area contributed by atoms with Crippen molar-refractivity contribution in [2.45, 2.75) is 134 Å². The summed E-state index contributed by atoms with van der Waals surface area (Å²) in [6.45, 7) is 12.2. The fourth-order valence-corrected chi connectivity index (χ4v) is 24.5. The molecule has 1 aliphatic heterocycles. The number of ether oxygens (including phenoxy) is 2. The van der Waals surface area contributed by atoms with Crippen molar-refractivity contribution in [1.29, 1.82) is 0 Å². The molecule has 2 N–H and O–H groups in total. The van der Waals surface area contributed by atoms with Crippen LogP contribution in [0.25, 0.3) is 0 Å². The van der Waals surface area contributed by atoms with Crippen LogP contribution in [0.5, 0.6) is 0 Å². The molecule has 1 aromatic heterocycles. The summed E-state index contributed by atoms with van der Waals surface area (Å²) in [5.74, 6) is 0.847. The molecule has 0 radical (unpaired) electrons. The third kappa shape index (κ3) is 10.4. The van der Waals surface area contributed by atoms with Crippen LogP contribution in [0.1, 0.15) is 108 Å². The van der Waals surface area contributed by atoms with E-state index < -0.39 is 36.4 Å². The van der Waals surface area contributed by atoms with Gasteiger partial charge in [-0.1, -0.05) is 0 Å². The molecule has 1 fully saturated rings. The summed E-state index contributed by atoms with van der Waals surface area (Å²) in [7, 11) is 0. The van der Waals surface area contributed by atoms with Gasteiger partial charge in [-0.2, -0.15) is 0 Å². The van der Waals surface area contributed by atoms with Crippen molar-refractivity contribution < 1.29 is 24.1 Å². The van der Waals surface area contributed by atoms with Crippen LogP contribution in [0, 0.1) is 6.92 Å². The van der Waals surface area contributed by atoms with Crippen LogP contribution in [0.3, 0.4) is 0 Å². The van der Waals surface area contributed by atoms with E-state index in [1.54, 1.807) is 18.0 Å². The number of aliphatic hydroxyl groups excluding tert-OH is 2. The van der Waals surface area contributed by atoms with Crippen molar-refractivity contribution in [2.75, 3.05) is 13.2 Å². The first-order chi connectivity index (χ1) is 20.3. The van der Waals surface area contributed by atoms with E-state index in [0.29, 0.717) is 19.0 Å². The number of thioether (sulfide) groups is 1. The average Bonchev–Trinajstić information content (AvgIpc) is 3.60. The normalized spacial score (nSPS) is 17.1. The summed E-state index contributed by atoms with van der Waals surface area (Å²) in [6.07, 6.45) is 12.0. The Morgan fingerprint density at radius 1 is 0.952 bits per heavy atom. The number of aryl methyl sites for hydroxylation is 1. The first-order valence-electron chi connectivity index (χ1n) is 16.4. The van der Waals surface area contributed by atoms with E-state index in [4.69, 9.17) is 13.9 Å². The Morgan fingerprint density at radius 2 is 1.55 bits per heavy atom. The molecule has 2 atom stereocenters. The van der Waals surface area contributed by atoms with E-state index in [1.165, 1.54) is 55.4 Å². The van der Waals surface area contributed by atoms with Crippen molar-refractivity contribution in [3.8, 4) is 0 Å². The predicted molar refractivity (Wildman–Crippen MR) is 178 cm³/mol. The number of rotatable bonds is 20. The third-order valence-electron chi connectivity index (χ3n) is 8.89. The van der Waals surface area contributed by atoms with Gasteiger partial charge in [0, 0.05) is 0 Å². The number of allylic oxidation sites excluding steroid dienone is 1. The van der Waals surface area contributed by atoms with Crippen LogP contribution >= 0.6 is 11.8 Å². The number of unbranched alkanes of at least 4 members (excludes halogenated alkanes) is 3. The SMILES string of the molecule is CCC[CH2][Sn]([CH2]CCC)([CH2]CCC)/[C](=C/C(O)C(O)c1c(C)coc1CSc1ccccc1)CCCC1(C)OCCO1. The van der Waals surface area contributed by atoms with Gasteiger partial charge in [0.15, 0.2) is 0 Å². The van der Waals surface area contributed by atoms with E-state index in [0.717, 1.165) is 41.0 Å². The van der Waals surface area contributed by atoms with Gasteiger partial charge in [-0.05, 0) is 0 Å². The maximum atomic E-state index is 11.7. The van der Waals surface area contributed by atoms with Gasteiger partial charge >= 0.3 is 265 Å². The summed E-state index contributed by atoms with van der Waals surface area (Å²) in [5, 5.41) is 23.3. The molecule has 7 heteroatoms. The van der Waals surface area contributed by atoms with Crippen LogP contribution < -0.4 is 0 Å². The first-order valence-corrected chi connectivity index (χ1v) is 24.8. The van der Waals surface area contributed by atoms with Gasteiger partial charge in [0.1, 0.15) is 0 Å². The van der Waals surface area contributed by atoms with Crippen LogP contribution in [0.4, 0.5) is 0 Å². The van der Waals surface area contributed by atoms with E-state index in [9.17, 15) is 10.2 Å². The number of hydrogen-bond acceptors (Lipinski definition) is 6. The molecule has 1 aliphatic rings. The van der Waals surface area contributed by atoms with E-state index in [1.807, 2.05) is 25.1 Å². The van der Waals surface area contributed by atoms with Crippen molar-refractivity contribution in [2.24, 2.45) is 0 Å². The van der Waals surface area contributed by atoms with Crippen LogP contribution in [-0.4, -0.2) is 53.7 Å². The van der Waals surface area contributed by atoms with Crippen molar-refractivity contribution in [1.82, 2.24) is 0 Å². The second kappa shape index (κ2) is 18.3. The summed E-state index contributed by atoms with van der Waals surface area (Å²) in [4.78, 5) is 1.15. The Morgan fingerprint density at radius 3 is 2.12 bits per heavy atom. The molecule has 0 aliphatic carbocycles. The zero-order valence-corrected chi connectivity index (χ0v) is 30.5. The number of aliphatic hydroxyl groups is 2. The van der Waals surface area contributed by atoms with E-state index >= 15 is 0 Å². The first kappa shape index (κ1) is 35.7. The van der Waals surface area contributed by atoms with Crippen molar-refractivity contribution in [3.63, 3.8) is 0 Å². The van der Waals surface area contributed by atoms with Gasteiger partial charge in [-0.25, -0.2) is 0 Å². The fraction of sp³-hybridized carbons (Fsp3) is 0.657. The summed E-state index contributed by atoms with van der Waals surface area (Å²) < 4.78 is 23.3. The molecule has 0 spiro atoms. The Balaban J connectivity index is 1.91.